The molecule has 1 aliphatic heterocycles. The SMILES string of the molecule is CC(=O)Nc1ccc(CN(N)C(=O)N2CCCCC2)cc1.Cl. The highest BCUT2D eigenvalue weighted by atomic mass is 35.5. The third kappa shape index (κ3) is 5.20. The number of nitrogens with zero attached hydrogens (tertiary/aromatic N) is 2. The number of nitrogens with one attached hydrogen (secondary N) is 1. The molecule has 0 aliphatic carbocycles. The molecular formula is C15H23ClN4O2. The summed E-state index contributed by atoms with van der Waals surface area (Å²) in [5, 5.41) is 3.95. The Morgan fingerprint density at radius 2 is 1.77 bits per heavy atom. The van der Waals surface area contributed by atoms with Crippen LogP contribution in [0.3, 0.4) is 0 Å². The summed E-state index contributed by atoms with van der Waals surface area (Å²) < 4.78 is 0. The molecule has 0 bridgehead atoms. The molecule has 0 radical (unpaired) electrons. The number of halogens is 1. The van der Waals surface area contributed by atoms with Gasteiger partial charge in [0.05, 0.1) is 6.54 Å². The van der Waals surface area contributed by atoms with Gasteiger partial charge in [0.15, 0.2) is 0 Å². The number of hydrogen-bond acceptors (Lipinski definition) is 3. The van der Waals surface area contributed by atoms with Crippen molar-refractivity contribution in [2.45, 2.75) is 32.7 Å². The zero-order valence-electron chi connectivity index (χ0n) is 12.7. The summed E-state index contributed by atoms with van der Waals surface area (Å²) in [5.41, 5.74) is 1.66. The molecule has 3 amide bonds. The minimum Gasteiger partial charge on any atom is -0.326 e. The maximum Gasteiger partial charge on any atom is 0.334 e. The molecule has 3 N–H and O–H groups in total. The number of urea groups is 1. The van der Waals surface area contributed by atoms with Gasteiger partial charge in [-0.3, -0.25) is 9.80 Å². The van der Waals surface area contributed by atoms with Crippen LogP contribution in [0.2, 0.25) is 0 Å². The number of carbonyl (C=O) groups excluding carboxylic acids is 2. The van der Waals surface area contributed by atoms with E-state index in [9.17, 15) is 9.59 Å². The van der Waals surface area contributed by atoms with Crippen molar-refractivity contribution in [2.75, 3.05) is 18.4 Å². The van der Waals surface area contributed by atoms with Gasteiger partial charge < -0.3 is 10.2 Å². The second kappa shape index (κ2) is 8.60. The lowest BCUT2D eigenvalue weighted by molar-refractivity contribution is -0.114. The van der Waals surface area contributed by atoms with Crippen LogP contribution in [0.4, 0.5) is 10.5 Å². The van der Waals surface area contributed by atoms with Gasteiger partial charge in [-0.05, 0) is 37.0 Å². The Bertz CT molecular complexity index is 501. The van der Waals surface area contributed by atoms with Gasteiger partial charge in [0, 0.05) is 25.7 Å². The van der Waals surface area contributed by atoms with Gasteiger partial charge in [0.2, 0.25) is 5.91 Å². The minimum absolute atomic E-state index is 0. The Hall–Kier alpha value is -1.79. The van der Waals surface area contributed by atoms with Crippen molar-refractivity contribution in [3.8, 4) is 0 Å². The molecule has 1 heterocycles. The van der Waals surface area contributed by atoms with Gasteiger partial charge in [-0.25, -0.2) is 10.6 Å². The van der Waals surface area contributed by atoms with E-state index in [-0.39, 0.29) is 24.3 Å². The maximum absolute atomic E-state index is 12.2. The Balaban J connectivity index is 0.00000242. The summed E-state index contributed by atoms with van der Waals surface area (Å²) >= 11 is 0. The van der Waals surface area contributed by atoms with Crippen LogP contribution >= 0.6 is 12.4 Å². The quantitative estimate of drug-likeness (QED) is 0.508. The third-order valence-electron chi connectivity index (χ3n) is 3.50. The lowest BCUT2D eigenvalue weighted by Crippen LogP contribution is -2.48. The largest absolute Gasteiger partial charge is 0.334 e. The van der Waals surface area contributed by atoms with E-state index in [4.69, 9.17) is 5.84 Å². The zero-order chi connectivity index (χ0) is 15.2. The smallest absolute Gasteiger partial charge is 0.326 e. The van der Waals surface area contributed by atoms with E-state index in [0.717, 1.165) is 37.2 Å². The van der Waals surface area contributed by atoms with Crippen molar-refractivity contribution in [1.82, 2.24) is 9.91 Å². The Labute approximate surface area is 137 Å². The van der Waals surface area contributed by atoms with Gasteiger partial charge in [0.25, 0.3) is 0 Å². The number of hydrazine groups is 1. The fraction of sp³-hybridized carbons (Fsp3) is 0.467. The monoisotopic (exact) mass is 326 g/mol. The minimum atomic E-state index is -0.124. The molecule has 22 heavy (non-hydrogen) atoms. The lowest BCUT2D eigenvalue weighted by atomic mass is 10.1. The van der Waals surface area contributed by atoms with Crippen LogP contribution in [0.1, 0.15) is 31.7 Å². The number of likely N-dealkylation sites (tertiary alicyclic amines) is 1. The molecule has 0 unspecified atom stereocenters. The molecule has 1 aliphatic rings. The molecule has 1 aromatic rings. The van der Waals surface area contributed by atoms with Crippen molar-refractivity contribution in [3.05, 3.63) is 29.8 Å². The number of anilines is 1. The fourth-order valence-electron chi connectivity index (χ4n) is 2.43. The second-order valence-corrected chi connectivity index (χ2v) is 5.34. The number of nitrogens with two attached hydrogens (primary N) is 1. The summed E-state index contributed by atoms with van der Waals surface area (Å²) in [4.78, 5) is 24.9. The van der Waals surface area contributed by atoms with Crippen LogP contribution in [0.15, 0.2) is 24.3 Å². The molecule has 0 aromatic heterocycles. The number of amides is 3. The van der Waals surface area contributed by atoms with Crippen LogP contribution in [-0.2, 0) is 11.3 Å². The molecular weight excluding hydrogens is 304 g/mol. The number of piperidine rings is 1. The second-order valence-electron chi connectivity index (χ2n) is 5.34. The zero-order valence-corrected chi connectivity index (χ0v) is 13.6. The first kappa shape index (κ1) is 18.3. The highest BCUT2D eigenvalue weighted by Gasteiger charge is 2.20. The molecule has 7 heteroatoms. The van der Waals surface area contributed by atoms with Gasteiger partial charge in [-0.15, -0.1) is 12.4 Å². The van der Waals surface area contributed by atoms with Crippen LogP contribution in [0.5, 0.6) is 0 Å². The molecule has 2 rings (SSSR count). The number of hydrogen-bond donors (Lipinski definition) is 2. The molecule has 122 valence electrons. The standard InChI is InChI=1S/C15H22N4O2.ClH/c1-12(20)17-14-7-5-13(6-8-14)11-19(16)15(21)18-9-3-2-4-10-18;/h5-8H,2-4,9-11,16H2,1H3,(H,17,20);1H. The van der Waals surface area contributed by atoms with E-state index in [1.54, 1.807) is 17.0 Å². The van der Waals surface area contributed by atoms with E-state index in [1.807, 2.05) is 12.1 Å². The van der Waals surface area contributed by atoms with Crippen LogP contribution in [0.25, 0.3) is 0 Å². The molecule has 1 aromatic carbocycles. The third-order valence-corrected chi connectivity index (χ3v) is 3.50. The van der Waals surface area contributed by atoms with E-state index < -0.39 is 0 Å². The topological polar surface area (TPSA) is 78.7 Å². The van der Waals surface area contributed by atoms with Crippen molar-refractivity contribution in [3.63, 3.8) is 0 Å². The van der Waals surface area contributed by atoms with Crippen molar-refractivity contribution in [2.24, 2.45) is 5.84 Å². The van der Waals surface area contributed by atoms with Crippen LogP contribution in [0, 0.1) is 0 Å². The molecule has 1 fully saturated rings. The van der Waals surface area contributed by atoms with Crippen molar-refractivity contribution >= 4 is 30.0 Å². The van der Waals surface area contributed by atoms with Crippen LogP contribution < -0.4 is 11.2 Å². The first-order chi connectivity index (χ1) is 10.1. The van der Waals surface area contributed by atoms with E-state index in [1.165, 1.54) is 18.4 Å². The average molecular weight is 327 g/mol. The Kier molecular flexibility index (Phi) is 7.14. The highest BCUT2D eigenvalue weighted by Crippen LogP contribution is 2.13. The van der Waals surface area contributed by atoms with Gasteiger partial charge in [-0.2, -0.15) is 0 Å². The molecule has 6 nitrogen and oxygen atoms in total. The summed E-state index contributed by atoms with van der Waals surface area (Å²) in [6, 6.07) is 7.19. The van der Waals surface area contributed by atoms with Crippen molar-refractivity contribution < 1.29 is 9.59 Å². The first-order valence-electron chi connectivity index (χ1n) is 7.24. The fourth-order valence-corrected chi connectivity index (χ4v) is 2.43. The molecule has 1 saturated heterocycles. The van der Waals surface area contributed by atoms with Crippen molar-refractivity contribution in [1.29, 1.82) is 0 Å². The van der Waals surface area contributed by atoms with E-state index in [0.29, 0.717) is 6.54 Å². The van der Waals surface area contributed by atoms with Gasteiger partial charge >= 0.3 is 6.03 Å². The Morgan fingerprint density at radius 1 is 1.18 bits per heavy atom. The first-order valence-corrected chi connectivity index (χ1v) is 7.24. The number of carbonyl (C=O) groups is 2. The maximum atomic E-state index is 12.2. The number of rotatable bonds is 3. The van der Waals surface area contributed by atoms with Gasteiger partial charge in [-0.1, -0.05) is 12.1 Å². The van der Waals surface area contributed by atoms with Gasteiger partial charge in [0.1, 0.15) is 0 Å². The highest BCUT2D eigenvalue weighted by molar-refractivity contribution is 5.88. The van der Waals surface area contributed by atoms with E-state index >= 15 is 0 Å². The van der Waals surface area contributed by atoms with E-state index in [2.05, 4.69) is 5.32 Å². The number of benzene rings is 1. The summed E-state index contributed by atoms with van der Waals surface area (Å²) in [6.45, 7) is 3.39. The molecule has 0 saturated carbocycles. The normalized spacial score (nSPS) is 14.0. The summed E-state index contributed by atoms with van der Waals surface area (Å²) in [5.74, 6) is 5.76. The molecule has 0 atom stereocenters. The predicted molar refractivity (Wildman–Crippen MR) is 88.5 cm³/mol. The van der Waals surface area contributed by atoms with Crippen LogP contribution in [-0.4, -0.2) is 34.9 Å². The lowest BCUT2D eigenvalue weighted by Gasteiger charge is -2.30. The molecule has 0 spiro atoms. The Morgan fingerprint density at radius 3 is 2.32 bits per heavy atom. The average Bonchev–Trinajstić information content (AvgIpc) is 2.49. The summed E-state index contributed by atoms with van der Waals surface area (Å²) in [7, 11) is 0. The summed E-state index contributed by atoms with van der Waals surface area (Å²) in [6.07, 6.45) is 3.27. The predicted octanol–water partition coefficient (Wildman–Crippen LogP) is 2.35.